The topological polar surface area (TPSA) is 68.3 Å². The highest BCUT2D eigenvalue weighted by molar-refractivity contribution is 6.32. The Morgan fingerprint density at radius 2 is 1.85 bits per heavy atom. The van der Waals surface area contributed by atoms with E-state index in [9.17, 15) is 0 Å². The summed E-state index contributed by atoms with van der Waals surface area (Å²) in [4.78, 5) is 0. The summed E-state index contributed by atoms with van der Waals surface area (Å²) in [6, 6.07) is 12.3. The minimum absolute atomic E-state index is 0.0341. The Morgan fingerprint density at radius 3 is 2.45 bits per heavy atom. The molecule has 2 aromatic carbocycles. The lowest BCUT2D eigenvalue weighted by Gasteiger charge is -2.12. The standard InChI is InChI=1S/C15H15ClN2O2/c1-2-19-13-5-3-4-6-14(13)20-12-8-7-10(15(17)18)9-11(12)16/h3-9H,2H2,1H3,(H3,17,18). The fourth-order valence-electron chi connectivity index (χ4n) is 1.68. The minimum atomic E-state index is -0.0341. The number of amidine groups is 1. The highest BCUT2D eigenvalue weighted by Crippen LogP contribution is 2.35. The monoisotopic (exact) mass is 290 g/mol. The first-order valence-corrected chi connectivity index (χ1v) is 6.53. The molecule has 0 atom stereocenters. The van der Waals surface area contributed by atoms with Gasteiger partial charge in [0.05, 0.1) is 11.6 Å². The summed E-state index contributed by atoms with van der Waals surface area (Å²) in [5.41, 5.74) is 5.97. The van der Waals surface area contributed by atoms with Gasteiger partial charge < -0.3 is 15.2 Å². The van der Waals surface area contributed by atoms with E-state index in [4.69, 9.17) is 32.2 Å². The van der Waals surface area contributed by atoms with Crippen molar-refractivity contribution in [2.45, 2.75) is 6.92 Å². The molecule has 2 rings (SSSR count). The normalized spacial score (nSPS) is 10.1. The number of ether oxygens (including phenoxy) is 2. The van der Waals surface area contributed by atoms with Gasteiger partial charge in [0, 0.05) is 5.56 Å². The van der Waals surface area contributed by atoms with Crippen molar-refractivity contribution in [3.05, 3.63) is 53.1 Å². The molecule has 0 fully saturated rings. The lowest BCUT2D eigenvalue weighted by atomic mass is 10.2. The van der Waals surface area contributed by atoms with E-state index in [1.807, 2.05) is 25.1 Å². The molecule has 3 N–H and O–H groups in total. The third kappa shape index (κ3) is 3.22. The Labute approximate surface area is 122 Å². The molecule has 0 unspecified atom stereocenters. The average Bonchev–Trinajstić information content (AvgIpc) is 2.43. The number of nitrogen functional groups attached to an aromatic ring is 1. The average molecular weight is 291 g/mol. The van der Waals surface area contributed by atoms with Gasteiger partial charge >= 0.3 is 0 Å². The summed E-state index contributed by atoms with van der Waals surface area (Å²) in [5, 5.41) is 7.76. The van der Waals surface area contributed by atoms with E-state index >= 15 is 0 Å². The van der Waals surface area contributed by atoms with Crippen LogP contribution in [0.4, 0.5) is 0 Å². The maximum absolute atomic E-state index is 7.37. The number of nitrogens with two attached hydrogens (primary N) is 1. The first kappa shape index (κ1) is 14.2. The van der Waals surface area contributed by atoms with Crippen LogP contribution in [-0.2, 0) is 0 Å². The zero-order chi connectivity index (χ0) is 14.5. The predicted molar refractivity (Wildman–Crippen MR) is 80.2 cm³/mol. The molecule has 104 valence electrons. The lowest BCUT2D eigenvalue weighted by Crippen LogP contribution is -2.10. The first-order valence-electron chi connectivity index (χ1n) is 6.15. The van der Waals surface area contributed by atoms with Gasteiger partial charge in [-0.05, 0) is 37.3 Å². The SMILES string of the molecule is CCOc1ccccc1Oc1ccc(C(=N)N)cc1Cl. The maximum atomic E-state index is 7.37. The van der Waals surface area contributed by atoms with Crippen molar-refractivity contribution in [3.8, 4) is 17.2 Å². The van der Waals surface area contributed by atoms with Gasteiger partial charge in [0.1, 0.15) is 11.6 Å². The fourth-order valence-corrected chi connectivity index (χ4v) is 1.90. The molecule has 2 aromatic rings. The van der Waals surface area contributed by atoms with Crippen LogP contribution in [-0.4, -0.2) is 12.4 Å². The molecule has 0 saturated heterocycles. The van der Waals surface area contributed by atoms with Crippen molar-refractivity contribution in [3.63, 3.8) is 0 Å². The molecule has 0 aromatic heterocycles. The Balaban J connectivity index is 2.28. The van der Waals surface area contributed by atoms with Crippen molar-refractivity contribution in [2.24, 2.45) is 5.73 Å². The van der Waals surface area contributed by atoms with Gasteiger partial charge in [0.2, 0.25) is 0 Å². The van der Waals surface area contributed by atoms with E-state index in [1.165, 1.54) is 0 Å². The molecule has 0 aliphatic carbocycles. The Kier molecular flexibility index (Phi) is 4.48. The zero-order valence-corrected chi connectivity index (χ0v) is 11.8. The molecule has 0 radical (unpaired) electrons. The number of benzene rings is 2. The van der Waals surface area contributed by atoms with Crippen LogP contribution >= 0.6 is 11.6 Å². The molecule has 5 heteroatoms. The molecule has 0 heterocycles. The van der Waals surface area contributed by atoms with Crippen LogP contribution in [0.25, 0.3) is 0 Å². The molecule has 4 nitrogen and oxygen atoms in total. The zero-order valence-electron chi connectivity index (χ0n) is 11.0. The molecule has 0 spiro atoms. The minimum Gasteiger partial charge on any atom is -0.490 e. The third-order valence-electron chi connectivity index (χ3n) is 2.61. The number of hydrogen-bond donors (Lipinski definition) is 2. The van der Waals surface area contributed by atoms with Crippen molar-refractivity contribution in [1.82, 2.24) is 0 Å². The highest BCUT2D eigenvalue weighted by atomic mass is 35.5. The summed E-state index contributed by atoms with van der Waals surface area (Å²) >= 11 is 6.13. The van der Waals surface area contributed by atoms with Gasteiger partial charge in [-0.15, -0.1) is 0 Å². The number of hydrogen-bond acceptors (Lipinski definition) is 3. The van der Waals surface area contributed by atoms with Gasteiger partial charge in [-0.2, -0.15) is 0 Å². The molecule has 0 amide bonds. The second kappa shape index (κ2) is 6.30. The Hall–Kier alpha value is -2.20. The largest absolute Gasteiger partial charge is 0.490 e. The molecule has 20 heavy (non-hydrogen) atoms. The smallest absolute Gasteiger partial charge is 0.169 e. The van der Waals surface area contributed by atoms with Crippen molar-refractivity contribution < 1.29 is 9.47 Å². The molecule has 0 bridgehead atoms. The van der Waals surface area contributed by atoms with E-state index < -0.39 is 0 Å². The number of rotatable bonds is 5. The van der Waals surface area contributed by atoms with Crippen LogP contribution in [0, 0.1) is 5.41 Å². The molecule has 0 aliphatic rings. The first-order chi connectivity index (χ1) is 9.61. The lowest BCUT2D eigenvalue weighted by molar-refractivity contribution is 0.321. The second-order valence-corrected chi connectivity index (χ2v) is 4.45. The predicted octanol–water partition coefficient (Wildman–Crippen LogP) is 3.82. The van der Waals surface area contributed by atoms with Crippen LogP contribution in [0.3, 0.4) is 0 Å². The quantitative estimate of drug-likeness (QED) is 0.650. The second-order valence-electron chi connectivity index (χ2n) is 4.04. The van der Waals surface area contributed by atoms with E-state index in [-0.39, 0.29) is 5.84 Å². The maximum Gasteiger partial charge on any atom is 0.169 e. The number of nitrogens with one attached hydrogen (secondary N) is 1. The van der Waals surface area contributed by atoms with Crippen LogP contribution in [0.2, 0.25) is 5.02 Å². The summed E-state index contributed by atoms with van der Waals surface area (Å²) in [5.74, 6) is 1.70. The van der Waals surface area contributed by atoms with Crippen molar-refractivity contribution in [1.29, 1.82) is 5.41 Å². The Morgan fingerprint density at radius 1 is 1.15 bits per heavy atom. The molecule has 0 aliphatic heterocycles. The van der Waals surface area contributed by atoms with Crippen LogP contribution in [0.1, 0.15) is 12.5 Å². The van der Waals surface area contributed by atoms with Crippen LogP contribution in [0.5, 0.6) is 17.2 Å². The van der Waals surface area contributed by atoms with E-state index in [1.54, 1.807) is 24.3 Å². The molecule has 0 saturated carbocycles. The van der Waals surface area contributed by atoms with Gasteiger partial charge in [-0.1, -0.05) is 23.7 Å². The van der Waals surface area contributed by atoms with Crippen LogP contribution in [0.15, 0.2) is 42.5 Å². The van der Waals surface area contributed by atoms with Crippen molar-refractivity contribution in [2.75, 3.05) is 6.61 Å². The van der Waals surface area contributed by atoms with Crippen molar-refractivity contribution >= 4 is 17.4 Å². The number of para-hydroxylation sites is 2. The third-order valence-corrected chi connectivity index (χ3v) is 2.91. The van der Waals surface area contributed by atoms with E-state index in [0.717, 1.165) is 0 Å². The Bertz CT molecular complexity index is 629. The molecular formula is C15H15ClN2O2. The number of halogens is 1. The van der Waals surface area contributed by atoms with E-state index in [2.05, 4.69) is 0 Å². The molecular weight excluding hydrogens is 276 g/mol. The van der Waals surface area contributed by atoms with Gasteiger partial charge in [0.25, 0.3) is 0 Å². The summed E-state index contributed by atoms with van der Waals surface area (Å²) in [6.07, 6.45) is 0. The van der Waals surface area contributed by atoms with Crippen LogP contribution < -0.4 is 15.2 Å². The van der Waals surface area contributed by atoms with Gasteiger partial charge in [0.15, 0.2) is 11.5 Å². The summed E-state index contributed by atoms with van der Waals surface area (Å²) in [7, 11) is 0. The summed E-state index contributed by atoms with van der Waals surface area (Å²) < 4.78 is 11.2. The van der Waals surface area contributed by atoms with Gasteiger partial charge in [-0.3, -0.25) is 5.41 Å². The van der Waals surface area contributed by atoms with E-state index in [0.29, 0.717) is 34.4 Å². The fraction of sp³-hybridized carbons (Fsp3) is 0.133. The van der Waals surface area contributed by atoms with Gasteiger partial charge in [-0.25, -0.2) is 0 Å². The summed E-state index contributed by atoms with van der Waals surface area (Å²) in [6.45, 7) is 2.46. The highest BCUT2D eigenvalue weighted by Gasteiger charge is 2.09.